The van der Waals surface area contributed by atoms with E-state index in [9.17, 15) is 18.0 Å². The van der Waals surface area contributed by atoms with E-state index in [1.54, 1.807) is 0 Å². The summed E-state index contributed by atoms with van der Waals surface area (Å²) in [7, 11) is 0. The fraction of sp³-hybridized carbons (Fsp3) is 0.300. The van der Waals surface area contributed by atoms with E-state index in [-0.39, 0.29) is 39.2 Å². The molecule has 0 heterocycles. The van der Waals surface area contributed by atoms with Crippen LogP contribution in [0.15, 0.2) is 23.1 Å². The highest BCUT2D eigenvalue weighted by Gasteiger charge is 2.29. The first kappa shape index (κ1) is 14.9. The number of halogens is 5. The van der Waals surface area contributed by atoms with Crippen LogP contribution in [0, 0.1) is 0 Å². The predicted molar refractivity (Wildman–Crippen MR) is 65.9 cm³/mol. The van der Waals surface area contributed by atoms with E-state index in [0.29, 0.717) is 5.56 Å². The molecule has 1 aromatic rings. The van der Waals surface area contributed by atoms with Crippen molar-refractivity contribution in [3.63, 3.8) is 0 Å². The number of Topliss-reactive ketones (excluding diaryl/α,β-unsaturated/α-hetero) is 1. The van der Waals surface area contributed by atoms with E-state index in [1.807, 2.05) is 0 Å². The largest absolute Gasteiger partial charge is 0.446 e. The summed E-state index contributed by atoms with van der Waals surface area (Å²) in [6.45, 7) is 0. The molecule has 0 radical (unpaired) electrons. The Morgan fingerprint density at radius 3 is 2.53 bits per heavy atom. The summed E-state index contributed by atoms with van der Waals surface area (Å²) < 4.78 is 36.5. The van der Waals surface area contributed by atoms with Gasteiger partial charge in [-0.1, -0.05) is 27.5 Å². The number of hydrogen-bond donors (Lipinski definition) is 0. The van der Waals surface area contributed by atoms with E-state index in [2.05, 4.69) is 15.9 Å². The zero-order chi connectivity index (χ0) is 13.1. The number of alkyl halides is 4. The van der Waals surface area contributed by atoms with Gasteiger partial charge in [0, 0.05) is 16.3 Å². The molecular formula is C10H7BrClF3OS. The first-order chi connectivity index (χ1) is 7.80. The van der Waals surface area contributed by atoms with Gasteiger partial charge in [-0.25, -0.2) is 0 Å². The highest BCUT2D eigenvalue weighted by molar-refractivity contribution is 9.09. The minimum Gasteiger partial charge on any atom is -0.298 e. The van der Waals surface area contributed by atoms with Crippen LogP contribution in [0.2, 0.25) is 5.02 Å². The smallest absolute Gasteiger partial charge is 0.298 e. The molecule has 7 heteroatoms. The minimum atomic E-state index is -4.36. The fourth-order valence-corrected chi connectivity index (χ4v) is 2.37. The van der Waals surface area contributed by atoms with Gasteiger partial charge in [0.1, 0.15) is 5.78 Å². The van der Waals surface area contributed by atoms with Crippen LogP contribution in [-0.4, -0.2) is 16.6 Å². The number of thioether (sulfide) groups is 1. The molecule has 0 saturated carbocycles. The standard InChI is InChI=1S/C10H7BrClF3OS/c11-5-8(16)2-6-1-7(12)4-9(3-6)17-10(13,14)15/h1,3-4H,2,5H2. The van der Waals surface area contributed by atoms with E-state index in [0.717, 1.165) is 0 Å². The molecule has 0 unspecified atom stereocenters. The number of carbonyl (C=O) groups excluding carboxylic acids is 1. The lowest BCUT2D eigenvalue weighted by molar-refractivity contribution is -0.115. The Bertz CT molecular complexity index is 423. The topological polar surface area (TPSA) is 17.1 Å². The van der Waals surface area contributed by atoms with Crippen molar-refractivity contribution in [1.29, 1.82) is 0 Å². The molecule has 0 aliphatic rings. The molecule has 0 saturated heterocycles. The molecule has 0 N–H and O–H groups in total. The second-order valence-corrected chi connectivity index (χ2v) is 5.33. The van der Waals surface area contributed by atoms with Gasteiger partial charge in [0.15, 0.2) is 0 Å². The van der Waals surface area contributed by atoms with Crippen LogP contribution in [0.5, 0.6) is 0 Å². The lowest BCUT2D eigenvalue weighted by atomic mass is 10.1. The Morgan fingerprint density at radius 1 is 1.35 bits per heavy atom. The SMILES string of the molecule is O=C(CBr)Cc1cc(Cl)cc(SC(F)(F)F)c1. The third-order valence-electron chi connectivity index (χ3n) is 1.72. The first-order valence-corrected chi connectivity index (χ1v) is 6.74. The van der Waals surface area contributed by atoms with E-state index >= 15 is 0 Å². The Morgan fingerprint density at radius 2 is 2.00 bits per heavy atom. The molecule has 0 aliphatic carbocycles. The highest BCUT2D eigenvalue weighted by Crippen LogP contribution is 2.38. The Kier molecular flexibility index (Phi) is 5.34. The predicted octanol–water partition coefficient (Wildman–Crippen LogP) is 4.46. The molecule has 0 bridgehead atoms. The molecule has 1 rings (SSSR count). The number of hydrogen-bond acceptors (Lipinski definition) is 2. The molecule has 0 atom stereocenters. The molecule has 1 nitrogen and oxygen atoms in total. The maximum absolute atomic E-state index is 12.2. The zero-order valence-corrected chi connectivity index (χ0v) is 11.5. The van der Waals surface area contributed by atoms with E-state index in [4.69, 9.17) is 11.6 Å². The minimum absolute atomic E-state index is 0.0117. The van der Waals surface area contributed by atoms with Gasteiger partial charge in [-0.3, -0.25) is 4.79 Å². The molecule has 1 aromatic carbocycles. The Labute approximate surface area is 114 Å². The molecule has 0 spiro atoms. The second-order valence-electron chi connectivity index (χ2n) is 3.19. The summed E-state index contributed by atoms with van der Waals surface area (Å²) in [5.41, 5.74) is -3.88. The molecule has 0 aromatic heterocycles. The second kappa shape index (κ2) is 6.11. The lowest BCUT2D eigenvalue weighted by Crippen LogP contribution is -2.04. The van der Waals surface area contributed by atoms with Crippen molar-refractivity contribution in [3.8, 4) is 0 Å². The average Bonchev–Trinajstić information content (AvgIpc) is 2.13. The van der Waals surface area contributed by atoms with Gasteiger partial charge in [-0.2, -0.15) is 13.2 Å². The average molecular weight is 348 g/mol. The van der Waals surface area contributed by atoms with Crippen molar-refractivity contribution in [2.75, 3.05) is 5.33 Å². The number of benzene rings is 1. The fourth-order valence-electron chi connectivity index (χ4n) is 1.19. The van der Waals surface area contributed by atoms with Crippen molar-refractivity contribution in [2.45, 2.75) is 16.8 Å². The summed E-state index contributed by atoms with van der Waals surface area (Å²) in [5, 5.41) is 0.359. The van der Waals surface area contributed by atoms with Gasteiger partial charge in [0.2, 0.25) is 0 Å². The van der Waals surface area contributed by atoms with Crippen LogP contribution >= 0.6 is 39.3 Å². The van der Waals surface area contributed by atoms with Crippen LogP contribution in [0.25, 0.3) is 0 Å². The van der Waals surface area contributed by atoms with Crippen LogP contribution < -0.4 is 0 Å². The molecule has 0 aliphatic heterocycles. The number of ketones is 1. The third kappa shape index (κ3) is 5.79. The van der Waals surface area contributed by atoms with Gasteiger partial charge in [0.05, 0.1) is 5.33 Å². The third-order valence-corrected chi connectivity index (χ3v) is 3.26. The Hall–Kier alpha value is -0.200. The van der Waals surface area contributed by atoms with Crippen molar-refractivity contribution in [2.24, 2.45) is 0 Å². The Balaban J connectivity index is 2.90. The summed E-state index contributed by atoms with van der Waals surface area (Å²) in [4.78, 5) is 11.2. The first-order valence-electron chi connectivity index (χ1n) is 4.43. The van der Waals surface area contributed by atoms with Crippen molar-refractivity contribution in [1.82, 2.24) is 0 Å². The zero-order valence-electron chi connectivity index (χ0n) is 8.35. The maximum atomic E-state index is 12.2. The van der Waals surface area contributed by atoms with Crippen molar-refractivity contribution in [3.05, 3.63) is 28.8 Å². The van der Waals surface area contributed by atoms with Gasteiger partial charge in [-0.05, 0) is 35.5 Å². The van der Waals surface area contributed by atoms with Gasteiger partial charge in [0.25, 0.3) is 0 Å². The summed E-state index contributed by atoms with van der Waals surface area (Å²) >= 11 is 8.45. The van der Waals surface area contributed by atoms with Gasteiger partial charge >= 0.3 is 5.51 Å². The van der Waals surface area contributed by atoms with Crippen LogP contribution in [-0.2, 0) is 11.2 Å². The molecular weight excluding hydrogens is 341 g/mol. The summed E-state index contributed by atoms with van der Waals surface area (Å²) in [6.07, 6.45) is 0.0667. The monoisotopic (exact) mass is 346 g/mol. The van der Waals surface area contributed by atoms with Crippen molar-refractivity contribution >= 4 is 45.1 Å². The van der Waals surface area contributed by atoms with Gasteiger partial charge in [-0.15, -0.1) is 0 Å². The molecule has 94 valence electrons. The van der Waals surface area contributed by atoms with Crippen LogP contribution in [0.4, 0.5) is 13.2 Å². The number of carbonyl (C=O) groups is 1. The van der Waals surface area contributed by atoms with Gasteiger partial charge < -0.3 is 0 Å². The normalized spacial score (nSPS) is 11.6. The molecule has 0 fully saturated rings. The number of rotatable bonds is 4. The van der Waals surface area contributed by atoms with Crippen LogP contribution in [0.3, 0.4) is 0 Å². The highest BCUT2D eigenvalue weighted by atomic mass is 79.9. The van der Waals surface area contributed by atoms with E-state index < -0.39 is 5.51 Å². The van der Waals surface area contributed by atoms with E-state index in [1.165, 1.54) is 18.2 Å². The summed E-state index contributed by atoms with van der Waals surface area (Å²) in [5.74, 6) is -0.116. The quantitative estimate of drug-likeness (QED) is 0.591. The maximum Gasteiger partial charge on any atom is 0.446 e. The van der Waals surface area contributed by atoms with Crippen LogP contribution in [0.1, 0.15) is 5.56 Å². The molecule has 17 heavy (non-hydrogen) atoms. The summed E-state index contributed by atoms with van der Waals surface area (Å²) in [6, 6.07) is 4.04. The molecule has 0 amide bonds. The lowest BCUT2D eigenvalue weighted by Gasteiger charge is -2.08. The van der Waals surface area contributed by atoms with Crippen molar-refractivity contribution < 1.29 is 18.0 Å².